The first kappa shape index (κ1) is 13.8. The van der Waals surface area contributed by atoms with Crippen molar-refractivity contribution in [3.05, 3.63) is 35.5 Å². The number of rotatable bonds is 1. The third-order valence-corrected chi connectivity index (χ3v) is 5.23. The van der Waals surface area contributed by atoms with Crippen LogP contribution in [0.5, 0.6) is 0 Å². The van der Waals surface area contributed by atoms with Gasteiger partial charge in [-0.25, -0.2) is 0 Å². The van der Waals surface area contributed by atoms with Gasteiger partial charge in [0.25, 0.3) is 0 Å². The number of nitrogens with one attached hydrogen (secondary N) is 1. The van der Waals surface area contributed by atoms with Crippen molar-refractivity contribution in [3.8, 4) is 0 Å². The fourth-order valence-electron chi connectivity index (χ4n) is 4.21. The summed E-state index contributed by atoms with van der Waals surface area (Å²) in [5.74, 6) is 0.335. The third-order valence-electron chi connectivity index (χ3n) is 5.23. The van der Waals surface area contributed by atoms with Gasteiger partial charge >= 0.3 is 5.97 Å². The Morgan fingerprint density at radius 1 is 1.36 bits per heavy atom. The fourth-order valence-corrected chi connectivity index (χ4v) is 4.21. The number of hydrogen-bond acceptors (Lipinski definition) is 3. The van der Waals surface area contributed by atoms with E-state index in [4.69, 9.17) is 4.74 Å². The highest BCUT2D eigenvalue weighted by atomic mass is 16.5. The molecular formula is C18H22N2O2. The molecule has 3 unspecified atom stereocenters. The van der Waals surface area contributed by atoms with Gasteiger partial charge in [-0.3, -0.25) is 9.69 Å². The summed E-state index contributed by atoms with van der Waals surface area (Å²) in [4.78, 5) is 18.4. The molecule has 1 fully saturated rings. The molecule has 2 bridgehead atoms. The number of carbonyl (C=O) groups excluding carboxylic acids is 1. The van der Waals surface area contributed by atoms with Crippen LogP contribution >= 0.6 is 0 Å². The van der Waals surface area contributed by atoms with Crippen molar-refractivity contribution in [1.29, 1.82) is 0 Å². The molecule has 0 spiro atoms. The maximum Gasteiger partial charge on any atom is 0.314 e. The largest absolute Gasteiger partial charge is 0.469 e. The number of ether oxygens (including phenoxy) is 1. The monoisotopic (exact) mass is 298 g/mol. The molecule has 4 nitrogen and oxygen atoms in total. The Bertz CT molecular complexity index is 706. The molecule has 1 aromatic carbocycles. The summed E-state index contributed by atoms with van der Waals surface area (Å²) in [5, 5.41) is 1.25. The Kier molecular flexibility index (Phi) is 3.41. The van der Waals surface area contributed by atoms with Crippen molar-refractivity contribution >= 4 is 16.9 Å². The van der Waals surface area contributed by atoms with Crippen LogP contribution < -0.4 is 0 Å². The highest BCUT2D eigenvalue weighted by molar-refractivity contribution is 5.88. The van der Waals surface area contributed by atoms with E-state index in [2.05, 4.69) is 28.1 Å². The minimum absolute atomic E-state index is 0.105. The Morgan fingerprint density at radius 2 is 2.23 bits per heavy atom. The molecule has 0 saturated carbocycles. The number of hydrogen-bond donors (Lipinski definition) is 1. The molecule has 0 aliphatic carbocycles. The van der Waals surface area contributed by atoms with Crippen LogP contribution in [0, 0.1) is 5.92 Å². The number of aromatic amines is 1. The molecule has 1 saturated heterocycles. The lowest BCUT2D eigenvalue weighted by atomic mass is 9.83. The summed E-state index contributed by atoms with van der Waals surface area (Å²) in [6.45, 7) is 3.20. The van der Waals surface area contributed by atoms with E-state index in [9.17, 15) is 4.79 Å². The zero-order valence-electron chi connectivity index (χ0n) is 13.0. The third kappa shape index (κ3) is 2.22. The summed E-state index contributed by atoms with van der Waals surface area (Å²) in [5.41, 5.74) is 3.48. The zero-order valence-corrected chi connectivity index (χ0v) is 13.0. The van der Waals surface area contributed by atoms with E-state index >= 15 is 0 Å². The molecule has 116 valence electrons. The summed E-state index contributed by atoms with van der Waals surface area (Å²) < 4.78 is 5.10. The SMILES string of the molecule is COC(=O)C1CC2CCCN(Cc3c1[nH]c1ccccc31)C2. The first-order chi connectivity index (χ1) is 10.8. The van der Waals surface area contributed by atoms with Crippen LogP contribution in [-0.4, -0.2) is 36.1 Å². The average Bonchev–Trinajstić information content (AvgIpc) is 2.89. The Labute approximate surface area is 130 Å². The lowest BCUT2D eigenvalue weighted by molar-refractivity contribution is -0.143. The quantitative estimate of drug-likeness (QED) is 0.823. The number of H-pyrrole nitrogens is 1. The van der Waals surface area contributed by atoms with Crippen molar-refractivity contribution in [1.82, 2.24) is 9.88 Å². The number of carbonyl (C=O) groups is 1. The molecule has 1 aromatic heterocycles. The number of fused-ring (bicyclic) bond motifs is 5. The zero-order chi connectivity index (χ0) is 15.1. The van der Waals surface area contributed by atoms with Crippen LogP contribution in [-0.2, 0) is 16.1 Å². The highest BCUT2D eigenvalue weighted by Gasteiger charge is 2.34. The molecule has 2 aliphatic heterocycles. The fraction of sp³-hybridized carbons (Fsp3) is 0.500. The predicted molar refractivity (Wildman–Crippen MR) is 85.7 cm³/mol. The van der Waals surface area contributed by atoms with Crippen molar-refractivity contribution in [2.45, 2.75) is 31.7 Å². The van der Waals surface area contributed by atoms with E-state index in [1.807, 2.05) is 6.07 Å². The molecule has 3 heterocycles. The number of benzene rings is 1. The van der Waals surface area contributed by atoms with Crippen LogP contribution in [0.15, 0.2) is 24.3 Å². The first-order valence-electron chi connectivity index (χ1n) is 8.16. The Morgan fingerprint density at radius 3 is 3.09 bits per heavy atom. The molecule has 0 radical (unpaired) electrons. The van der Waals surface area contributed by atoms with Crippen molar-refractivity contribution in [3.63, 3.8) is 0 Å². The van der Waals surface area contributed by atoms with E-state index in [0.29, 0.717) is 5.92 Å². The van der Waals surface area contributed by atoms with E-state index in [-0.39, 0.29) is 11.9 Å². The topological polar surface area (TPSA) is 45.3 Å². The summed E-state index contributed by atoms with van der Waals surface area (Å²) in [6.07, 6.45) is 3.35. The molecule has 1 N–H and O–H groups in total. The average molecular weight is 298 g/mol. The number of aromatic nitrogens is 1. The molecule has 2 aromatic rings. The van der Waals surface area contributed by atoms with Gasteiger partial charge in [-0.05, 0) is 43.4 Å². The Balaban J connectivity index is 1.87. The molecule has 22 heavy (non-hydrogen) atoms. The summed E-state index contributed by atoms with van der Waals surface area (Å²) >= 11 is 0. The number of methoxy groups -OCH3 is 1. The van der Waals surface area contributed by atoms with Crippen molar-refractivity contribution in [2.24, 2.45) is 5.92 Å². The number of nitrogens with zero attached hydrogens (tertiary/aromatic N) is 1. The van der Waals surface area contributed by atoms with Gasteiger partial charge in [-0.1, -0.05) is 18.2 Å². The second-order valence-electron chi connectivity index (χ2n) is 6.62. The van der Waals surface area contributed by atoms with Crippen LogP contribution in [0.25, 0.3) is 10.9 Å². The van der Waals surface area contributed by atoms with Gasteiger partial charge in [-0.2, -0.15) is 0 Å². The van der Waals surface area contributed by atoms with Crippen LogP contribution in [0.1, 0.15) is 36.4 Å². The number of piperidine rings is 1. The standard InChI is InChI=1S/C18H22N2O2/c1-22-18(21)14-9-12-5-4-8-20(10-12)11-15-13-6-2-3-7-16(13)19-17(14)15/h2-3,6-7,12,14,19H,4-5,8-11H2,1H3. The lowest BCUT2D eigenvalue weighted by Gasteiger charge is -2.36. The molecular weight excluding hydrogens is 276 g/mol. The summed E-state index contributed by atoms with van der Waals surface area (Å²) in [7, 11) is 1.50. The van der Waals surface area contributed by atoms with Crippen LogP contribution in [0.2, 0.25) is 0 Å². The van der Waals surface area contributed by atoms with Gasteiger partial charge in [-0.15, -0.1) is 0 Å². The van der Waals surface area contributed by atoms with Gasteiger partial charge < -0.3 is 9.72 Å². The normalized spacial score (nSPS) is 27.8. The lowest BCUT2D eigenvalue weighted by Crippen LogP contribution is -2.38. The number of para-hydroxylation sites is 1. The van der Waals surface area contributed by atoms with Gasteiger partial charge in [0.05, 0.1) is 13.0 Å². The van der Waals surface area contributed by atoms with Crippen molar-refractivity contribution < 1.29 is 9.53 Å². The van der Waals surface area contributed by atoms with Crippen LogP contribution in [0.4, 0.5) is 0 Å². The minimum Gasteiger partial charge on any atom is -0.469 e. The van der Waals surface area contributed by atoms with Crippen molar-refractivity contribution in [2.75, 3.05) is 20.2 Å². The first-order valence-corrected chi connectivity index (χ1v) is 8.16. The summed E-state index contributed by atoms with van der Waals surface area (Å²) in [6, 6.07) is 8.36. The van der Waals surface area contributed by atoms with E-state index in [1.165, 1.54) is 37.4 Å². The maximum atomic E-state index is 12.4. The smallest absolute Gasteiger partial charge is 0.314 e. The van der Waals surface area contributed by atoms with Gasteiger partial charge in [0, 0.05) is 29.7 Å². The van der Waals surface area contributed by atoms with E-state index in [1.54, 1.807) is 0 Å². The van der Waals surface area contributed by atoms with Crippen LogP contribution in [0.3, 0.4) is 0 Å². The maximum absolute atomic E-state index is 12.4. The molecule has 4 heteroatoms. The predicted octanol–water partition coefficient (Wildman–Crippen LogP) is 3.04. The Hall–Kier alpha value is -1.81. The number of esters is 1. The van der Waals surface area contributed by atoms with Gasteiger partial charge in [0.1, 0.15) is 0 Å². The molecule has 4 rings (SSSR count). The minimum atomic E-state index is -0.155. The molecule has 2 aliphatic rings. The van der Waals surface area contributed by atoms with Gasteiger partial charge in [0.15, 0.2) is 0 Å². The van der Waals surface area contributed by atoms with Gasteiger partial charge in [0.2, 0.25) is 0 Å². The highest BCUT2D eigenvalue weighted by Crippen LogP contribution is 2.38. The molecule has 3 atom stereocenters. The second-order valence-corrected chi connectivity index (χ2v) is 6.62. The molecule has 0 amide bonds. The van der Waals surface area contributed by atoms with E-state index in [0.717, 1.165) is 30.7 Å². The second kappa shape index (κ2) is 5.43. The van der Waals surface area contributed by atoms with E-state index < -0.39 is 0 Å².